The number of aromatic nitrogens is 1. The number of benzene rings is 1. The van der Waals surface area contributed by atoms with Crippen LogP contribution in [0.2, 0.25) is 0 Å². The Hall–Kier alpha value is -2.98. The van der Waals surface area contributed by atoms with E-state index in [9.17, 15) is 19.5 Å². The van der Waals surface area contributed by atoms with E-state index in [2.05, 4.69) is 0 Å². The number of piperidine rings is 1. The molecule has 1 saturated carbocycles. The Kier molecular flexibility index (Phi) is 6.63. The van der Waals surface area contributed by atoms with E-state index in [1.54, 1.807) is 9.47 Å². The van der Waals surface area contributed by atoms with E-state index >= 15 is 4.39 Å². The summed E-state index contributed by atoms with van der Waals surface area (Å²) in [5.74, 6) is -2.46. The maximum Gasteiger partial charge on any atom is 0.341 e. The quantitative estimate of drug-likeness (QED) is 0.525. The van der Waals surface area contributed by atoms with E-state index in [4.69, 9.17) is 16.2 Å². The van der Waals surface area contributed by atoms with Crippen molar-refractivity contribution >= 4 is 28.3 Å². The minimum atomic E-state index is -1.37. The van der Waals surface area contributed by atoms with Gasteiger partial charge >= 0.3 is 5.97 Å². The lowest BCUT2D eigenvalue weighted by Gasteiger charge is -2.50. The van der Waals surface area contributed by atoms with Gasteiger partial charge in [0.05, 0.1) is 30.2 Å². The summed E-state index contributed by atoms with van der Waals surface area (Å²) in [4.78, 5) is 39.5. The first-order chi connectivity index (χ1) is 16.8. The molecular formula is C26H35FN4O5. The molecule has 36 heavy (non-hydrogen) atoms. The van der Waals surface area contributed by atoms with Gasteiger partial charge in [-0.25, -0.2) is 9.18 Å². The van der Waals surface area contributed by atoms with Crippen LogP contribution in [0.3, 0.4) is 0 Å². The highest BCUT2D eigenvalue weighted by Gasteiger charge is 2.48. The van der Waals surface area contributed by atoms with Crippen molar-refractivity contribution < 1.29 is 23.8 Å². The molecule has 1 aliphatic carbocycles. The fraction of sp³-hybridized carbons (Fsp3) is 0.577. The zero-order valence-corrected chi connectivity index (χ0v) is 21.4. The van der Waals surface area contributed by atoms with Crippen molar-refractivity contribution in [3.63, 3.8) is 0 Å². The lowest BCUT2D eigenvalue weighted by Crippen LogP contribution is -2.62. The number of carbonyl (C=O) groups excluding carboxylic acids is 1. The van der Waals surface area contributed by atoms with Crippen LogP contribution in [0.25, 0.3) is 10.9 Å². The van der Waals surface area contributed by atoms with Crippen LogP contribution in [-0.2, 0) is 4.79 Å². The van der Waals surface area contributed by atoms with E-state index in [0.29, 0.717) is 11.9 Å². The molecule has 2 unspecified atom stereocenters. The van der Waals surface area contributed by atoms with E-state index in [1.165, 1.54) is 13.3 Å². The number of halogens is 1. The first kappa shape index (κ1) is 26.1. The summed E-state index contributed by atoms with van der Waals surface area (Å²) in [5, 5.41) is 9.49. The number of carboxylic acid groups (broad SMARTS) is 1. The number of ketones is 1. The Morgan fingerprint density at radius 3 is 2.42 bits per heavy atom. The summed E-state index contributed by atoms with van der Waals surface area (Å²) in [6.45, 7) is 7.84. The van der Waals surface area contributed by atoms with E-state index in [-0.39, 0.29) is 41.1 Å². The average Bonchev–Trinajstić information content (AvgIpc) is 3.65. The zero-order valence-electron chi connectivity index (χ0n) is 21.4. The molecule has 1 aromatic carbocycles. The molecule has 5 N–H and O–H groups in total. The molecule has 4 rings (SSSR count). The third kappa shape index (κ3) is 4.06. The number of carboxylic acids is 1. The van der Waals surface area contributed by atoms with E-state index in [1.807, 2.05) is 27.7 Å². The fourth-order valence-electron chi connectivity index (χ4n) is 5.40. The average molecular weight is 503 g/mol. The second-order valence-electron chi connectivity index (χ2n) is 10.9. The van der Waals surface area contributed by atoms with Gasteiger partial charge in [0.15, 0.2) is 17.3 Å². The molecule has 0 amide bonds. The maximum atomic E-state index is 15.8. The SMILES string of the molecule is COc1c(N2CCC(C(=O)[C@@H](N)C(C)C)C(C)(C)C2N)c(F)cc2c(=O)c(C(=O)O)cn(C3CC3)c12. The number of methoxy groups -OCH3 is 1. The van der Waals surface area contributed by atoms with Crippen LogP contribution in [-0.4, -0.2) is 47.3 Å². The molecule has 10 heteroatoms. The normalized spacial score (nSPS) is 22.6. The topological polar surface area (TPSA) is 141 Å². The van der Waals surface area contributed by atoms with Crippen LogP contribution in [0.1, 0.15) is 63.4 Å². The summed E-state index contributed by atoms with van der Waals surface area (Å²) < 4.78 is 23.2. The molecule has 1 aromatic heterocycles. The van der Waals surface area contributed by atoms with Crippen LogP contribution >= 0.6 is 0 Å². The van der Waals surface area contributed by atoms with Crippen molar-refractivity contribution in [1.29, 1.82) is 0 Å². The van der Waals surface area contributed by atoms with Crippen molar-refractivity contribution in [1.82, 2.24) is 4.57 Å². The maximum absolute atomic E-state index is 15.8. The molecule has 1 saturated heterocycles. The number of nitrogens with two attached hydrogens (primary N) is 2. The summed E-state index contributed by atoms with van der Waals surface area (Å²) in [6, 6.07) is 0.452. The third-order valence-electron chi connectivity index (χ3n) is 7.91. The van der Waals surface area contributed by atoms with Gasteiger partial charge in [0.25, 0.3) is 0 Å². The highest BCUT2D eigenvalue weighted by Crippen LogP contribution is 2.47. The van der Waals surface area contributed by atoms with Gasteiger partial charge in [0.2, 0.25) is 5.43 Å². The highest BCUT2D eigenvalue weighted by molar-refractivity contribution is 5.97. The minimum absolute atomic E-state index is 0.00981. The first-order valence-electron chi connectivity index (χ1n) is 12.3. The number of ether oxygens (including phenoxy) is 1. The minimum Gasteiger partial charge on any atom is -0.492 e. The number of fused-ring (bicyclic) bond motifs is 1. The standard InChI is InChI=1S/C26H35FN4O5/c1-12(2)18(28)22(33)16-8-9-30(25(29)26(16,3)4)20-17(27)10-14-19(23(20)36-5)31(13-6-7-13)11-15(21(14)32)24(34)35/h10-13,16,18,25H,6-9,28-29H2,1-5H3,(H,34,35)/t16?,18-,25?/m0/s1. The Balaban J connectivity index is 1.87. The number of hydrogen-bond acceptors (Lipinski definition) is 7. The fourth-order valence-corrected chi connectivity index (χ4v) is 5.40. The number of nitrogens with zero attached hydrogens (tertiary/aromatic N) is 2. The van der Waals surface area contributed by atoms with Crippen LogP contribution in [0.15, 0.2) is 17.1 Å². The molecule has 1 aliphatic heterocycles. The second kappa shape index (κ2) is 9.15. The summed E-state index contributed by atoms with van der Waals surface area (Å²) in [7, 11) is 1.39. The van der Waals surface area contributed by atoms with Crippen LogP contribution < -0.4 is 26.5 Å². The lowest BCUT2D eigenvalue weighted by atomic mass is 9.67. The molecular weight excluding hydrogens is 467 g/mol. The van der Waals surface area contributed by atoms with Crippen LogP contribution in [0.5, 0.6) is 5.75 Å². The Labute approximate surface area is 209 Å². The molecule has 3 atom stereocenters. The van der Waals surface area contributed by atoms with Crippen LogP contribution in [0, 0.1) is 23.1 Å². The van der Waals surface area contributed by atoms with Gasteiger partial charge < -0.3 is 30.8 Å². The molecule has 9 nitrogen and oxygen atoms in total. The van der Waals surface area contributed by atoms with Gasteiger partial charge in [0.1, 0.15) is 11.3 Å². The molecule has 0 spiro atoms. The van der Waals surface area contributed by atoms with Crippen molar-refractivity contribution in [3.8, 4) is 5.75 Å². The Morgan fingerprint density at radius 2 is 1.89 bits per heavy atom. The van der Waals surface area contributed by atoms with Gasteiger partial charge in [-0.15, -0.1) is 0 Å². The number of Topliss-reactive ketones (excluding diaryl/α,β-unsaturated/α-hetero) is 1. The van der Waals surface area contributed by atoms with Crippen LogP contribution in [0.4, 0.5) is 10.1 Å². The molecule has 196 valence electrons. The molecule has 2 aliphatic rings. The molecule has 2 aromatic rings. The highest BCUT2D eigenvalue weighted by atomic mass is 19.1. The Bertz CT molecular complexity index is 1280. The zero-order chi connectivity index (χ0) is 26.7. The van der Waals surface area contributed by atoms with Gasteiger partial charge in [-0.3, -0.25) is 9.59 Å². The number of pyridine rings is 1. The molecule has 0 bridgehead atoms. The lowest BCUT2D eigenvalue weighted by molar-refractivity contribution is -0.130. The summed E-state index contributed by atoms with van der Waals surface area (Å²) in [5.41, 5.74) is 11.4. The smallest absolute Gasteiger partial charge is 0.341 e. The van der Waals surface area contributed by atoms with Crippen molar-refractivity contribution in [2.24, 2.45) is 28.7 Å². The molecule has 2 heterocycles. The number of anilines is 1. The predicted molar refractivity (Wildman–Crippen MR) is 135 cm³/mol. The van der Waals surface area contributed by atoms with Gasteiger partial charge in [-0.1, -0.05) is 27.7 Å². The summed E-state index contributed by atoms with van der Waals surface area (Å²) in [6.07, 6.45) is 2.61. The van der Waals surface area contributed by atoms with Crippen molar-refractivity contribution in [2.75, 3.05) is 18.6 Å². The van der Waals surface area contributed by atoms with E-state index < -0.39 is 46.3 Å². The molecule has 0 radical (unpaired) electrons. The monoisotopic (exact) mass is 502 g/mol. The number of hydrogen-bond donors (Lipinski definition) is 3. The van der Waals surface area contributed by atoms with Gasteiger partial charge in [-0.05, 0) is 31.2 Å². The number of carbonyl (C=O) groups is 2. The van der Waals surface area contributed by atoms with Crippen molar-refractivity contribution in [3.05, 3.63) is 33.9 Å². The van der Waals surface area contributed by atoms with Crippen molar-refractivity contribution in [2.45, 2.75) is 65.2 Å². The Morgan fingerprint density at radius 1 is 1.25 bits per heavy atom. The summed E-state index contributed by atoms with van der Waals surface area (Å²) >= 11 is 0. The largest absolute Gasteiger partial charge is 0.492 e. The third-order valence-corrected chi connectivity index (χ3v) is 7.91. The van der Waals surface area contributed by atoms with Gasteiger partial charge in [-0.2, -0.15) is 0 Å². The predicted octanol–water partition coefficient (Wildman–Crippen LogP) is 2.87. The molecule has 2 fully saturated rings. The van der Waals surface area contributed by atoms with E-state index in [0.717, 1.165) is 18.9 Å². The first-order valence-corrected chi connectivity index (χ1v) is 12.3. The second-order valence-corrected chi connectivity index (χ2v) is 10.9. The number of rotatable bonds is 7. The number of aromatic carboxylic acids is 1. The van der Waals surface area contributed by atoms with Gasteiger partial charge in [0, 0.05) is 30.1 Å².